The highest BCUT2D eigenvalue weighted by molar-refractivity contribution is 8.00. The maximum atomic E-state index is 12.0. The molecule has 1 rings (SSSR count). The second kappa shape index (κ2) is 2.25. The molecule has 1 aliphatic rings. The molecule has 0 N–H and O–H groups in total. The van der Waals surface area contributed by atoms with Gasteiger partial charge in [0.2, 0.25) is 11.7 Å². The molecule has 0 radical (unpaired) electrons. The Morgan fingerprint density at radius 1 is 1.10 bits per heavy atom. The van der Waals surface area contributed by atoms with E-state index in [-0.39, 0.29) is 11.8 Å². The zero-order valence-corrected chi connectivity index (χ0v) is 5.35. The normalized spacial score (nSPS) is 45.9. The van der Waals surface area contributed by atoms with E-state index in [1.54, 1.807) is 0 Å². The third kappa shape index (κ3) is 0.980. The van der Waals surface area contributed by atoms with Crippen LogP contribution < -0.4 is 0 Å². The van der Waals surface area contributed by atoms with Gasteiger partial charge in [-0.05, 0) is 0 Å². The lowest BCUT2D eigenvalue weighted by atomic mass is 10.2. The predicted octanol–water partition coefficient (Wildman–Crippen LogP) is 2.30. The van der Waals surface area contributed by atoms with Crippen molar-refractivity contribution in [2.45, 2.75) is 23.1 Å². The van der Waals surface area contributed by atoms with Crippen molar-refractivity contribution in [3.8, 4) is 0 Å². The second-order valence-corrected chi connectivity index (χ2v) is 3.02. The lowest BCUT2D eigenvalue weighted by Crippen LogP contribution is -2.33. The van der Waals surface area contributed by atoms with E-state index in [2.05, 4.69) is 0 Å². The zero-order chi connectivity index (χ0) is 7.94. The first-order chi connectivity index (χ1) is 4.46. The van der Waals surface area contributed by atoms with Gasteiger partial charge in [0.1, 0.15) is 0 Å². The number of rotatable bonds is 0. The minimum atomic E-state index is -4.16. The molecule has 1 fully saturated rings. The highest BCUT2D eigenvalue weighted by Crippen LogP contribution is 2.48. The molecule has 0 nitrogen and oxygen atoms in total. The van der Waals surface area contributed by atoms with Crippen LogP contribution in [-0.2, 0) is 0 Å². The van der Waals surface area contributed by atoms with Crippen molar-refractivity contribution in [2.24, 2.45) is 0 Å². The predicted molar refractivity (Wildman–Crippen MR) is 27.2 cm³/mol. The van der Waals surface area contributed by atoms with Crippen LogP contribution in [0.2, 0.25) is 0 Å². The molecular formula is C4H3F5S. The van der Waals surface area contributed by atoms with Gasteiger partial charge in [-0.2, -0.15) is 8.78 Å². The van der Waals surface area contributed by atoms with Crippen molar-refractivity contribution in [1.29, 1.82) is 0 Å². The van der Waals surface area contributed by atoms with Crippen LogP contribution in [0.4, 0.5) is 22.0 Å². The summed E-state index contributed by atoms with van der Waals surface area (Å²) in [6.45, 7) is 0. The zero-order valence-electron chi connectivity index (χ0n) is 4.53. The molecule has 3 atom stereocenters. The van der Waals surface area contributed by atoms with Crippen molar-refractivity contribution in [1.82, 2.24) is 0 Å². The molecule has 0 aromatic heterocycles. The summed E-state index contributed by atoms with van der Waals surface area (Å²) in [5.41, 5.74) is -5.19. The highest BCUT2D eigenvalue weighted by Gasteiger charge is 2.60. The molecule has 0 aromatic rings. The summed E-state index contributed by atoms with van der Waals surface area (Å²) in [7, 11) is 0. The summed E-state index contributed by atoms with van der Waals surface area (Å²) in [5, 5.41) is 0. The van der Waals surface area contributed by atoms with Crippen LogP contribution in [0.3, 0.4) is 0 Å². The van der Waals surface area contributed by atoms with Gasteiger partial charge in [-0.25, -0.2) is 13.2 Å². The fourth-order valence-electron chi connectivity index (χ4n) is 0.574. The van der Waals surface area contributed by atoms with Crippen molar-refractivity contribution >= 4 is 11.8 Å². The maximum Gasteiger partial charge on any atom is 0.322 e. The number of hydrogen-bond donors (Lipinski definition) is 0. The van der Waals surface area contributed by atoms with E-state index < -0.39 is 23.1 Å². The highest BCUT2D eigenvalue weighted by atomic mass is 32.2. The van der Waals surface area contributed by atoms with Crippen molar-refractivity contribution in [2.75, 3.05) is 0 Å². The molecule has 0 spiro atoms. The number of halogens is 5. The Balaban J connectivity index is 2.75. The lowest BCUT2D eigenvalue weighted by molar-refractivity contribution is -0.0970. The van der Waals surface area contributed by atoms with Crippen LogP contribution in [-0.4, -0.2) is 23.1 Å². The second-order valence-electron chi connectivity index (χ2n) is 1.88. The van der Waals surface area contributed by atoms with E-state index in [9.17, 15) is 22.0 Å². The Morgan fingerprint density at radius 2 is 1.60 bits per heavy atom. The molecule has 3 unspecified atom stereocenters. The minimum absolute atomic E-state index is 0.323. The third-order valence-corrected chi connectivity index (χ3v) is 2.20. The molecule has 1 saturated heterocycles. The standard InChI is InChI=1S/C4H3F5S/c5-1-2(6)10-3(7)4(1,8)9/h1-3H. The number of hydrogen-bond acceptors (Lipinski definition) is 1. The van der Waals surface area contributed by atoms with Crippen LogP contribution in [0.1, 0.15) is 0 Å². The molecule has 0 aromatic carbocycles. The van der Waals surface area contributed by atoms with E-state index in [1.165, 1.54) is 0 Å². The van der Waals surface area contributed by atoms with Gasteiger partial charge in [-0.3, -0.25) is 0 Å². The summed E-state index contributed by atoms with van der Waals surface area (Å²) in [6.07, 6.45) is -3.01. The topological polar surface area (TPSA) is 0 Å². The summed E-state index contributed by atoms with van der Waals surface area (Å²) in [6, 6.07) is 0. The Hall–Kier alpha value is -0.0000000000000000555. The Bertz CT molecular complexity index is 138. The first-order valence-electron chi connectivity index (χ1n) is 2.41. The Labute approximate surface area is 57.8 Å². The van der Waals surface area contributed by atoms with Crippen molar-refractivity contribution < 1.29 is 22.0 Å². The molecule has 1 heterocycles. The molecule has 1 aliphatic heterocycles. The van der Waals surface area contributed by atoms with E-state index in [1.807, 2.05) is 0 Å². The maximum absolute atomic E-state index is 12.0. The molecule has 10 heavy (non-hydrogen) atoms. The first-order valence-corrected chi connectivity index (χ1v) is 3.36. The van der Waals surface area contributed by atoms with Crippen molar-refractivity contribution in [3.05, 3.63) is 0 Å². The molecular weight excluding hydrogens is 175 g/mol. The summed E-state index contributed by atoms with van der Waals surface area (Å²) in [5.74, 6) is -4.16. The fraction of sp³-hybridized carbons (Fsp3) is 1.00. The summed E-state index contributed by atoms with van der Waals surface area (Å²) in [4.78, 5) is 0. The third-order valence-electron chi connectivity index (χ3n) is 1.15. The lowest BCUT2D eigenvalue weighted by Gasteiger charge is -2.11. The fourth-order valence-corrected chi connectivity index (χ4v) is 1.43. The monoisotopic (exact) mass is 178 g/mol. The van der Waals surface area contributed by atoms with E-state index in [4.69, 9.17) is 0 Å². The number of thioether (sulfide) groups is 1. The van der Waals surface area contributed by atoms with Crippen LogP contribution in [0.5, 0.6) is 0 Å². The Morgan fingerprint density at radius 3 is 1.70 bits per heavy atom. The van der Waals surface area contributed by atoms with E-state index in [0.717, 1.165) is 0 Å². The number of alkyl halides is 5. The molecule has 60 valence electrons. The van der Waals surface area contributed by atoms with Gasteiger partial charge >= 0.3 is 5.92 Å². The van der Waals surface area contributed by atoms with Gasteiger partial charge < -0.3 is 0 Å². The SMILES string of the molecule is FC1SC(F)C(F)(F)C1F. The van der Waals surface area contributed by atoms with Gasteiger partial charge in [0.25, 0.3) is 0 Å². The van der Waals surface area contributed by atoms with Gasteiger partial charge in [-0.15, -0.1) is 0 Å². The van der Waals surface area contributed by atoms with E-state index in [0.29, 0.717) is 0 Å². The van der Waals surface area contributed by atoms with Crippen LogP contribution in [0.25, 0.3) is 0 Å². The Kier molecular flexibility index (Phi) is 1.82. The summed E-state index contributed by atoms with van der Waals surface area (Å²) < 4.78 is 59.8. The van der Waals surface area contributed by atoms with Crippen LogP contribution in [0, 0.1) is 0 Å². The first kappa shape index (κ1) is 8.10. The quantitative estimate of drug-likeness (QED) is 0.513. The molecule has 0 bridgehead atoms. The van der Waals surface area contributed by atoms with Gasteiger partial charge in [0, 0.05) is 0 Å². The smallest absolute Gasteiger partial charge is 0.236 e. The van der Waals surface area contributed by atoms with Gasteiger partial charge in [0.15, 0.2) is 5.50 Å². The van der Waals surface area contributed by atoms with Gasteiger partial charge in [-0.1, -0.05) is 11.8 Å². The van der Waals surface area contributed by atoms with Crippen LogP contribution in [0.15, 0.2) is 0 Å². The largest absolute Gasteiger partial charge is 0.322 e. The van der Waals surface area contributed by atoms with Crippen molar-refractivity contribution in [3.63, 3.8) is 0 Å². The molecule has 0 saturated carbocycles. The van der Waals surface area contributed by atoms with Crippen LogP contribution >= 0.6 is 11.8 Å². The molecule has 6 heteroatoms. The minimum Gasteiger partial charge on any atom is -0.236 e. The van der Waals surface area contributed by atoms with E-state index >= 15 is 0 Å². The summed E-state index contributed by atoms with van der Waals surface area (Å²) >= 11 is -0.323. The molecule has 0 aliphatic carbocycles. The average Bonchev–Trinajstić information content (AvgIpc) is 1.97. The average molecular weight is 178 g/mol. The molecule has 0 amide bonds. The van der Waals surface area contributed by atoms with Gasteiger partial charge in [0.05, 0.1) is 0 Å².